The average Bonchev–Trinajstić information content (AvgIpc) is 3.39. The number of hydrogen-bond donors (Lipinski definition) is 3. The number of benzene rings is 3. The summed E-state index contributed by atoms with van der Waals surface area (Å²) in [7, 11) is -4.07. The largest absolute Gasteiger partial charge is 0.352 e. The second-order valence-electron chi connectivity index (χ2n) is 13.5. The molecule has 3 aliphatic rings. The fourth-order valence-corrected chi connectivity index (χ4v) is 8.74. The van der Waals surface area contributed by atoms with Crippen molar-refractivity contribution in [1.82, 2.24) is 19.8 Å². The predicted molar refractivity (Wildman–Crippen MR) is 193 cm³/mol. The zero-order valence-corrected chi connectivity index (χ0v) is 29.7. The van der Waals surface area contributed by atoms with Gasteiger partial charge in [-0.25, -0.2) is 8.42 Å². The molecule has 1 spiro atoms. The van der Waals surface area contributed by atoms with E-state index in [1.54, 1.807) is 46.2 Å². The third-order valence-corrected chi connectivity index (χ3v) is 11.9. The van der Waals surface area contributed by atoms with Crippen LogP contribution in [0.3, 0.4) is 0 Å². The van der Waals surface area contributed by atoms with Gasteiger partial charge in [-0.3, -0.25) is 14.4 Å². The highest BCUT2D eigenvalue weighted by molar-refractivity contribution is 7.89. The Bertz CT molecular complexity index is 1760. The Hall–Kier alpha value is -3.97. The molecule has 11 nitrogen and oxygen atoms in total. The number of nitrogens with two attached hydrogens (primary N) is 1. The van der Waals surface area contributed by atoms with Gasteiger partial charge >= 0.3 is 0 Å². The molecule has 2 aliphatic heterocycles. The summed E-state index contributed by atoms with van der Waals surface area (Å²) in [5, 5.41) is 3.66. The van der Waals surface area contributed by atoms with Crippen molar-refractivity contribution in [2.45, 2.75) is 80.4 Å². The number of piperidine rings is 1. The van der Waals surface area contributed by atoms with Gasteiger partial charge in [0.1, 0.15) is 18.1 Å². The van der Waals surface area contributed by atoms with Crippen LogP contribution >= 0.6 is 11.6 Å². The summed E-state index contributed by atoms with van der Waals surface area (Å²) in [5.74, 6) is -0.665. The third-order valence-electron chi connectivity index (χ3n) is 10.2. The van der Waals surface area contributed by atoms with E-state index in [9.17, 15) is 22.8 Å². The van der Waals surface area contributed by atoms with Gasteiger partial charge in [0.05, 0.1) is 11.6 Å². The summed E-state index contributed by atoms with van der Waals surface area (Å²) < 4.78 is 29.8. The molecule has 1 saturated carbocycles. The Balaban J connectivity index is 1.20. The monoisotopic (exact) mass is 720 g/mol. The number of hydrogen-bond acceptors (Lipinski definition) is 7. The molecule has 50 heavy (non-hydrogen) atoms. The zero-order chi connectivity index (χ0) is 35.3. The molecule has 0 radical (unpaired) electrons. The Morgan fingerprint density at radius 3 is 2.18 bits per heavy atom. The minimum atomic E-state index is -4.07. The van der Waals surface area contributed by atoms with Gasteiger partial charge in [0.15, 0.2) is 0 Å². The highest BCUT2D eigenvalue weighted by atomic mass is 35.5. The first kappa shape index (κ1) is 35.8. The summed E-state index contributed by atoms with van der Waals surface area (Å²) >= 11 is 6.10. The van der Waals surface area contributed by atoms with Crippen molar-refractivity contribution in [3.63, 3.8) is 0 Å². The molecule has 266 valence electrons. The Labute approximate surface area is 299 Å². The molecule has 13 heteroatoms. The molecule has 0 aromatic heterocycles. The van der Waals surface area contributed by atoms with E-state index in [4.69, 9.17) is 17.3 Å². The van der Waals surface area contributed by atoms with Crippen LogP contribution in [0.4, 0.5) is 5.69 Å². The second-order valence-corrected chi connectivity index (χ2v) is 15.7. The number of rotatable bonds is 11. The van der Waals surface area contributed by atoms with Crippen LogP contribution in [-0.4, -0.2) is 79.9 Å². The molecule has 4 N–H and O–H groups in total. The van der Waals surface area contributed by atoms with E-state index >= 15 is 0 Å². The van der Waals surface area contributed by atoms with E-state index in [-0.39, 0.29) is 67.9 Å². The quantitative estimate of drug-likeness (QED) is 0.273. The molecule has 2 heterocycles. The van der Waals surface area contributed by atoms with Gasteiger partial charge in [-0.15, -0.1) is 0 Å². The van der Waals surface area contributed by atoms with Gasteiger partial charge in [-0.05, 0) is 79.6 Å². The first-order valence-electron chi connectivity index (χ1n) is 17.3. The molecule has 1 aliphatic carbocycles. The SMILES string of the molecule is NCc1ccc(S(=O)(=O)NC(Cc2ccc(Cl)cc2)C(=O)N2CCC3(CC2)C(=O)N(CC(=O)NC2CCCCC2)CN3c2ccccc2)cc1. The maximum absolute atomic E-state index is 14.3. The van der Waals surface area contributed by atoms with Crippen LogP contribution in [0.1, 0.15) is 56.1 Å². The van der Waals surface area contributed by atoms with E-state index in [1.807, 2.05) is 30.3 Å². The third kappa shape index (κ3) is 7.99. The maximum Gasteiger partial charge on any atom is 0.250 e. The van der Waals surface area contributed by atoms with Gasteiger partial charge in [0, 0.05) is 36.4 Å². The van der Waals surface area contributed by atoms with Gasteiger partial charge < -0.3 is 25.8 Å². The topological polar surface area (TPSA) is 145 Å². The number of sulfonamides is 1. The van der Waals surface area contributed by atoms with E-state index in [2.05, 4.69) is 14.9 Å². The minimum absolute atomic E-state index is 0.0275. The molecule has 3 fully saturated rings. The predicted octanol–water partition coefficient (Wildman–Crippen LogP) is 3.80. The molecule has 3 aromatic carbocycles. The molecule has 1 unspecified atom stereocenters. The number of carbonyl (C=O) groups is 3. The number of anilines is 1. The molecule has 3 aromatic rings. The van der Waals surface area contributed by atoms with Crippen LogP contribution in [0.25, 0.3) is 0 Å². The zero-order valence-electron chi connectivity index (χ0n) is 28.1. The number of nitrogens with zero attached hydrogens (tertiary/aromatic N) is 3. The Kier molecular flexibility index (Phi) is 11.1. The summed E-state index contributed by atoms with van der Waals surface area (Å²) in [6.07, 6.45) is 6.05. The summed E-state index contributed by atoms with van der Waals surface area (Å²) in [5.41, 5.74) is 7.14. The van der Waals surface area contributed by atoms with Crippen LogP contribution in [-0.2, 0) is 37.4 Å². The van der Waals surface area contributed by atoms with E-state index < -0.39 is 21.6 Å². The van der Waals surface area contributed by atoms with Crippen LogP contribution < -0.4 is 20.7 Å². The van der Waals surface area contributed by atoms with Crippen LogP contribution in [0.2, 0.25) is 5.02 Å². The number of para-hydroxylation sites is 1. The van der Waals surface area contributed by atoms with Gasteiger partial charge in [0.25, 0.3) is 5.91 Å². The number of likely N-dealkylation sites (tertiary alicyclic amines) is 1. The fraction of sp³-hybridized carbons (Fsp3) is 0.432. The smallest absolute Gasteiger partial charge is 0.250 e. The minimum Gasteiger partial charge on any atom is -0.352 e. The molecular weight excluding hydrogens is 676 g/mol. The van der Waals surface area contributed by atoms with E-state index in [1.165, 1.54) is 18.6 Å². The Morgan fingerprint density at radius 1 is 0.900 bits per heavy atom. The van der Waals surface area contributed by atoms with Crippen molar-refractivity contribution < 1.29 is 22.8 Å². The number of nitrogens with one attached hydrogen (secondary N) is 2. The first-order valence-corrected chi connectivity index (χ1v) is 19.2. The number of amides is 3. The molecule has 0 bridgehead atoms. The highest BCUT2D eigenvalue weighted by Crippen LogP contribution is 2.39. The van der Waals surface area contributed by atoms with Crippen molar-refractivity contribution in [2.24, 2.45) is 5.73 Å². The Morgan fingerprint density at radius 2 is 1.54 bits per heavy atom. The highest BCUT2D eigenvalue weighted by Gasteiger charge is 2.54. The molecular formula is C37H45ClN6O5S. The summed E-state index contributed by atoms with van der Waals surface area (Å²) in [6.45, 7) is 0.981. The van der Waals surface area contributed by atoms with Crippen molar-refractivity contribution in [2.75, 3.05) is 31.2 Å². The lowest BCUT2D eigenvalue weighted by Crippen LogP contribution is -2.59. The van der Waals surface area contributed by atoms with Crippen molar-refractivity contribution in [3.05, 3.63) is 95.0 Å². The molecule has 6 rings (SSSR count). The van der Waals surface area contributed by atoms with Crippen LogP contribution in [0, 0.1) is 0 Å². The van der Waals surface area contributed by atoms with Crippen molar-refractivity contribution in [3.8, 4) is 0 Å². The molecule has 2 saturated heterocycles. The number of halogens is 1. The first-order chi connectivity index (χ1) is 24.1. The van der Waals surface area contributed by atoms with Gasteiger partial charge in [-0.1, -0.05) is 73.3 Å². The molecule has 3 amide bonds. The van der Waals surface area contributed by atoms with Crippen molar-refractivity contribution >= 4 is 45.0 Å². The lowest BCUT2D eigenvalue weighted by molar-refractivity contribution is -0.140. The molecule has 1 atom stereocenters. The summed E-state index contributed by atoms with van der Waals surface area (Å²) in [4.78, 5) is 46.9. The fourth-order valence-electron chi connectivity index (χ4n) is 7.43. The van der Waals surface area contributed by atoms with Crippen LogP contribution in [0.5, 0.6) is 0 Å². The lowest BCUT2D eigenvalue weighted by atomic mass is 9.85. The lowest BCUT2D eigenvalue weighted by Gasteiger charge is -2.44. The van der Waals surface area contributed by atoms with E-state index in [0.717, 1.165) is 42.5 Å². The van der Waals surface area contributed by atoms with Gasteiger partial charge in [0.2, 0.25) is 21.8 Å². The second kappa shape index (κ2) is 15.5. The van der Waals surface area contributed by atoms with E-state index in [0.29, 0.717) is 17.9 Å². The normalized spacial score (nSPS) is 18.8. The van der Waals surface area contributed by atoms with Crippen molar-refractivity contribution in [1.29, 1.82) is 0 Å². The summed E-state index contributed by atoms with van der Waals surface area (Å²) in [6, 6.07) is 21.9. The standard InChI is InChI=1S/C37H45ClN6O5S/c38-29-15-11-27(12-16-29)23-33(41-50(48,49)32-17-13-28(24-39)14-18-32)35(46)42-21-19-37(20-22-42)36(47)43(26-44(37)31-9-5-2-6-10-31)25-34(45)40-30-7-3-1-4-8-30/h2,5-6,9-18,30,33,41H,1,3-4,7-8,19-26,39H2,(H,40,45). The number of carbonyl (C=O) groups excluding carboxylic acids is 3. The average molecular weight is 721 g/mol. The van der Waals surface area contributed by atoms with Gasteiger partial charge in [-0.2, -0.15) is 4.72 Å². The maximum atomic E-state index is 14.3. The van der Waals surface area contributed by atoms with Crippen LogP contribution in [0.15, 0.2) is 83.8 Å².